The third kappa shape index (κ3) is 2.53. The van der Waals surface area contributed by atoms with Gasteiger partial charge in [-0.3, -0.25) is 14.4 Å². The van der Waals surface area contributed by atoms with Crippen molar-refractivity contribution in [3.63, 3.8) is 0 Å². The Kier molecular flexibility index (Phi) is 4.11. The highest BCUT2D eigenvalue weighted by Crippen LogP contribution is 2.36. The van der Waals surface area contributed by atoms with Gasteiger partial charge in [-0.15, -0.1) is 0 Å². The number of carbonyl (C=O) groups excluding carboxylic acids is 3. The topological polar surface area (TPSA) is 60.9 Å². The Bertz CT molecular complexity index is 1090. The molecule has 0 aromatic heterocycles. The molecule has 0 spiro atoms. The minimum absolute atomic E-state index is 0.351. The summed E-state index contributed by atoms with van der Waals surface area (Å²) in [5.41, 5.74) is 2.89. The van der Waals surface area contributed by atoms with Crippen LogP contribution < -0.4 is 14.7 Å². The van der Waals surface area contributed by atoms with Crippen LogP contribution in [0.3, 0.4) is 0 Å². The van der Waals surface area contributed by atoms with Crippen molar-refractivity contribution in [3.8, 4) is 0 Å². The van der Waals surface area contributed by atoms with E-state index in [4.69, 9.17) is 0 Å². The quantitative estimate of drug-likeness (QED) is 0.520. The molecule has 0 saturated carbocycles. The molecule has 3 aromatic rings. The van der Waals surface area contributed by atoms with E-state index in [1.54, 1.807) is 37.4 Å². The lowest BCUT2D eigenvalue weighted by Gasteiger charge is -2.29. The normalized spacial score (nSPS) is 13.0. The Balaban J connectivity index is 1.89. The molecule has 140 valence electrons. The molecular weight excluding hydrogens is 354 g/mol. The van der Waals surface area contributed by atoms with Gasteiger partial charge >= 0.3 is 0 Å². The lowest BCUT2D eigenvalue weighted by Crippen LogP contribution is -2.40. The number of benzene rings is 3. The molecule has 0 radical (unpaired) electrons. The number of rotatable bonds is 4. The van der Waals surface area contributed by atoms with E-state index >= 15 is 0 Å². The van der Waals surface area contributed by atoms with Crippen molar-refractivity contribution in [2.75, 3.05) is 35.8 Å². The number of carbonyl (C=O) groups is 3. The zero-order valence-electron chi connectivity index (χ0n) is 15.8. The molecule has 6 heteroatoms. The Hall–Kier alpha value is -3.67. The zero-order valence-corrected chi connectivity index (χ0v) is 15.8. The largest absolute Gasteiger partial charge is 0.376 e. The molecule has 28 heavy (non-hydrogen) atoms. The molecule has 6 nitrogen and oxygen atoms in total. The summed E-state index contributed by atoms with van der Waals surface area (Å²) < 4.78 is 0. The summed E-state index contributed by atoms with van der Waals surface area (Å²) in [5, 5.41) is 1.56. The maximum Gasteiger partial charge on any atom is 0.265 e. The molecule has 0 N–H and O–H groups in total. The van der Waals surface area contributed by atoms with E-state index in [1.165, 1.54) is 9.80 Å². The van der Waals surface area contributed by atoms with Gasteiger partial charge in [0.15, 0.2) is 0 Å². The van der Waals surface area contributed by atoms with Crippen LogP contribution in [-0.2, 0) is 4.79 Å². The molecule has 0 fully saturated rings. The Labute approximate surface area is 162 Å². The molecular formula is C22H19N3O3. The van der Waals surface area contributed by atoms with Gasteiger partial charge in [-0.25, -0.2) is 4.90 Å². The lowest BCUT2D eigenvalue weighted by atomic mass is 9.93. The van der Waals surface area contributed by atoms with Crippen molar-refractivity contribution in [2.24, 2.45) is 0 Å². The fourth-order valence-electron chi connectivity index (χ4n) is 3.63. The van der Waals surface area contributed by atoms with Crippen molar-refractivity contribution >= 4 is 46.1 Å². The molecule has 1 aliphatic heterocycles. The van der Waals surface area contributed by atoms with Gasteiger partial charge in [0, 0.05) is 37.7 Å². The average Bonchev–Trinajstić information content (AvgIpc) is 2.71. The molecule has 0 unspecified atom stereocenters. The van der Waals surface area contributed by atoms with Crippen LogP contribution in [0, 0.1) is 0 Å². The maximum absolute atomic E-state index is 13.2. The van der Waals surface area contributed by atoms with Gasteiger partial charge in [0.2, 0.25) is 6.41 Å². The number of anilines is 3. The van der Waals surface area contributed by atoms with Gasteiger partial charge in [-0.2, -0.15) is 0 Å². The van der Waals surface area contributed by atoms with Gasteiger partial charge in [0.1, 0.15) is 0 Å². The highest BCUT2D eigenvalue weighted by molar-refractivity contribution is 6.35. The maximum atomic E-state index is 13.2. The molecule has 3 amide bonds. The molecule has 1 heterocycles. The predicted molar refractivity (Wildman–Crippen MR) is 110 cm³/mol. The van der Waals surface area contributed by atoms with Crippen LogP contribution in [0.25, 0.3) is 10.8 Å². The number of hydrogen-bond acceptors (Lipinski definition) is 4. The fourth-order valence-corrected chi connectivity index (χ4v) is 3.63. The third-order valence-electron chi connectivity index (χ3n) is 5.01. The van der Waals surface area contributed by atoms with E-state index in [0.717, 1.165) is 17.5 Å². The summed E-state index contributed by atoms with van der Waals surface area (Å²) in [4.78, 5) is 42.1. The van der Waals surface area contributed by atoms with Crippen molar-refractivity contribution in [3.05, 3.63) is 65.7 Å². The Morgan fingerprint density at radius 1 is 0.821 bits per heavy atom. The minimum atomic E-state index is -0.351. The van der Waals surface area contributed by atoms with Crippen LogP contribution in [0.5, 0.6) is 0 Å². The molecule has 0 saturated heterocycles. The highest BCUT2D eigenvalue weighted by Gasteiger charge is 2.34. The number of amides is 3. The first kappa shape index (κ1) is 17.7. The van der Waals surface area contributed by atoms with Crippen molar-refractivity contribution in [2.45, 2.75) is 0 Å². The number of nitrogens with zero attached hydrogens (tertiary/aromatic N) is 3. The van der Waals surface area contributed by atoms with Crippen LogP contribution in [0.2, 0.25) is 0 Å². The summed E-state index contributed by atoms with van der Waals surface area (Å²) >= 11 is 0. The average molecular weight is 373 g/mol. The van der Waals surface area contributed by atoms with E-state index in [9.17, 15) is 14.4 Å². The first-order valence-electron chi connectivity index (χ1n) is 8.84. The number of hydrogen-bond donors (Lipinski definition) is 0. The SMILES string of the molecule is CN(C)c1cc(N2C(=O)c3cccc4cccc(c34)C2=O)ccc1N(C)C=O. The molecule has 0 atom stereocenters. The van der Waals surface area contributed by atoms with Crippen molar-refractivity contribution in [1.82, 2.24) is 0 Å². The fraction of sp³-hybridized carbons (Fsp3) is 0.136. The second-order valence-corrected chi connectivity index (χ2v) is 6.94. The van der Waals surface area contributed by atoms with E-state index < -0.39 is 0 Å². The summed E-state index contributed by atoms with van der Waals surface area (Å²) in [6.45, 7) is 0. The standard InChI is InChI=1S/C22H19N3O3/c1-23(2)19-12-15(10-11-18(19)24(3)13-26)25-21(27)16-8-4-6-14-7-5-9-17(20(14)16)22(25)28/h4-13H,1-3H3. The van der Waals surface area contributed by atoms with Gasteiger partial charge in [-0.1, -0.05) is 24.3 Å². The third-order valence-corrected chi connectivity index (χ3v) is 5.01. The van der Waals surface area contributed by atoms with Crippen molar-refractivity contribution < 1.29 is 14.4 Å². The highest BCUT2D eigenvalue weighted by atomic mass is 16.2. The van der Waals surface area contributed by atoms with Gasteiger partial charge in [0.05, 0.1) is 17.1 Å². The second-order valence-electron chi connectivity index (χ2n) is 6.94. The predicted octanol–water partition coefficient (Wildman–Crippen LogP) is 3.30. The monoisotopic (exact) mass is 373 g/mol. The van der Waals surface area contributed by atoms with Crippen LogP contribution in [0.4, 0.5) is 17.1 Å². The van der Waals surface area contributed by atoms with E-state index in [2.05, 4.69) is 0 Å². The van der Waals surface area contributed by atoms with Crippen LogP contribution in [0.15, 0.2) is 54.6 Å². The summed E-state index contributed by atoms with van der Waals surface area (Å²) in [5.74, 6) is -0.703. The van der Waals surface area contributed by atoms with Gasteiger partial charge in [-0.05, 0) is 35.7 Å². The smallest absolute Gasteiger partial charge is 0.265 e. The van der Waals surface area contributed by atoms with Crippen LogP contribution >= 0.6 is 0 Å². The molecule has 4 rings (SSSR count). The molecule has 0 bridgehead atoms. The van der Waals surface area contributed by atoms with E-state index in [0.29, 0.717) is 27.9 Å². The summed E-state index contributed by atoms with van der Waals surface area (Å²) in [7, 11) is 5.34. The Morgan fingerprint density at radius 2 is 1.43 bits per heavy atom. The molecule has 0 aliphatic carbocycles. The van der Waals surface area contributed by atoms with Crippen LogP contribution in [0.1, 0.15) is 20.7 Å². The van der Waals surface area contributed by atoms with Crippen LogP contribution in [-0.4, -0.2) is 39.4 Å². The minimum Gasteiger partial charge on any atom is -0.376 e. The van der Waals surface area contributed by atoms with Gasteiger partial charge in [0.25, 0.3) is 11.8 Å². The number of imide groups is 1. The van der Waals surface area contributed by atoms with Gasteiger partial charge < -0.3 is 9.80 Å². The Morgan fingerprint density at radius 3 is 1.96 bits per heavy atom. The summed E-state index contributed by atoms with van der Waals surface area (Å²) in [6, 6.07) is 16.1. The first-order valence-corrected chi connectivity index (χ1v) is 8.84. The van der Waals surface area contributed by atoms with E-state index in [-0.39, 0.29) is 11.8 Å². The zero-order chi connectivity index (χ0) is 20.0. The first-order chi connectivity index (χ1) is 13.4. The van der Waals surface area contributed by atoms with E-state index in [1.807, 2.05) is 43.3 Å². The molecule has 1 aliphatic rings. The lowest BCUT2D eigenvalue weighted by molar-refractivity contribution is -0.107. The summed E-state index contributed by atoms with van der Waals surface area (Å²) in [6.07, 6.45) is 0.718. The second kappa shape index (κ2) is 6.49. The molecule has 3 aromatic carbocycles. The van der Waals surface area contributed by atoms with Crippen molar-refractivity contribution in [1.29, 1.82) is 0 Å².